The van der Waals surface area contributed by atoms with E-state index in [4.69, 9.17) is 5.11 Å². The minimum atomic E-state index is -1.28. The highest BCUT2D eigenvalue weighted by Crippen LogP contribution is 2.23. The number of hydrogen-bond donors (Lipinski definition) is 3. The lowest BCUT2D eigenvalue weighted by atomic mass is 10.1. The molecular formula is C15H21N5O8. The van der Waals surface area contributed by atoms with Crippen molar-refractivity contribution in [3.8, 4) is 0 Å². The molecule has 2 saturated heterocycles. The molecule has 0 spiro atoms. The first-order valence-corrected chi connectivity index (χ1v) is 8.51. The number of aliphatic carboxylic acids is 1. The summed E-state index contributed by atoms with van der Waals surface area (Å²) in [6.45, 7) is 0.0801. The number of methoxy groups -OCH3 is 1. The molecule has 0 aromatic carbocycles. The van der Waals surface area contributed by atoms with E-state index >= 15 is 0 Å². The van der Waals surface area contributed by atoms with E-state index < -0.39 is 48.4 Å². The summed E-state index contributed by atoms with van der Waals surface area (Å²) < 4.78 is 4.45. The van der Waals surface area contributed by atoms with Gasteiger partial charge in [0, 0.05) is 13.0 Å². The van der Waals surface area contributed by atoms with Crippen molar-refractivity contribution in [3.63, 3.8) is 0 Å². The highest BCUT2D eigenvalue weighted by atomic mass is 16.5. The normalized spacial score (nSPS) is 20.6. The van der Waals surface area contributed by atoms with Gasteiger partial charge in [-0.25, -0.2) is 30.0 Å². The van der Waals surface area contributed by atoms with Crippen molar-refractivity contribution in [1.82, 2.24) is 25.8 Å². The van der Waals surface area contributed by atoms with Gasteiger partial charge in [0.05, 0.1) is 26.1 Å². The van der Waals surface area contributed by atoms with Gasteiger partial charge in [0.25, 0.3) is 0 Å². The lowest BCUT2D eigenvalue weighted by molar-refractivity contribution is -0.155. The van der Waals surface area contributed by atoms with E-state index in [0.29, 0.717) is 6.42 Å². The minimum absolute atomic E-state index is 0.0868. The molecule has 154 valence electrons. The fraction of sp³-hybridized carbons (Fsp3) is 0.600. The largest absolute Gasteiger partial charge is 0.481 e. The molecule has 2 aliphatic rings. The number of aldehydes is 1. The topological polar surface area (TPSA) is 166 Å². The monoisotopic (exact) mass is 399 g/mol. The van der Waals surface area contributed by atoms with Gasteiger partial charge < -0.3 is 20.0 Å². The van der Waals surface area contributed by atoms with Gasteiger partial charge in [-0.15, -0.1) is 0 Å². The van der Waals surface area contributed by atoms with Crippen LogP contribution >= 0.6 is 0 Å². The van der Waals surface area contributed by atoms with Gasteiger partial charge in [-0.3, -0.25) is 14.4 Å². The second-order valence-corrected chi connectivity index (χ2v) is 6.16. The molecule has 13 heteroatoms. The van der Waals surface area contributed by atoms with Crippen LogP contribution in [0.2, 0.25) is 0 Å². The quantitative estimate of drug-likeness (QED) is 0.451. The SMILES string of the molecule is COC(=O)NN1CCC(=O)N2CCC[C@@H](C(=O)N[C@H](C=O)CC(=O)O)N2C1=O. The first-order valence-electron chi connectivity index (χ1n) is 8.51. The van der Waals surface area contributed by atoms with Gasteiger partial charge in [0.1, 0.15) is 12.3 Å². The number of ether oxygens (including phenoxy) is 1. The molecule has 5 amide bonds. The third kappa shape index (κ3) is 4.66. The van der Waals surface area contributed by atoms with E-state index in [2.05, 4.69) is 15.5 Å². The highest BCUT2D eigenvalue weighted by molar-refractivity contribution is 5.92. The van der Waals surface area contributed by atoms with Crippen molar-refractivity contribution >= 4 is 36.2 Å². The van der Waals surface area contributed by atoms with Gasteiger partial charge >= 0.3 is 18.1 Å². The number of carboxylic acid groups (broad SMARTS) is 1. The fourth-order valence-corrected chi connectivity index (χ4v) is 2.97. The zero-order valence-corrected chi connectivity index (χ0v) is 15.1. The van der Waals surface area contributed by atoms with Gasteiger partial charge in [-0.05, 0) is 12.8 Å². The summed E-state index contributed by atoms with van der Waals surface area (Å²) in [5.41, 5.74) is 2.19. The third-order valence-electron chi connectivity index (χ3n) is 4.27. The summed E-state index contributed by atoms with van der Waals surface area (Å²) in [4.78, 5) is 71.2. The molecule has 0 bridgehead atoms. The molecule has 2 heterocycles. The maximum atomic E-state index is 12.9. The summed E-state index contributed by atoms with van der Waals surface area (Å²) in [7, 11) is 1.11. The van der Waals surface area contributed by atoms with E-state index in [9.17, 15) is 28.8 Å². The minimum Gasteiger partial charge on any atom is -0.481 e. The first-order chi connectivity index (χ1) is 13.3. The van der Waals surface area contributed by atoms with Crippen LogP contribution < -0.4 is 10.7 Å². The highest BCUT2D eigenvalue weighted by Gasteiger charge is 2.44. The molecule has 2 aliphatic heterocycles. The van der Waals surface area contributed by atoms with Crippen molar-refractivity contribution in [2.45, 2.75) is 37.8 Å². The summed E-state index contributed by atoms with van der Waals surface area (Å²) in [6.07, 6.45) is -0.734. The van der Waals surface area contributed by atoms with Crippen LogP contribution in [0, 0.1) is 0 Å². The second kappa shape index (κ2) is 9.01. The van der Waals surface area contributed by atoms with Crippen LogP contribution in [0.25, 0.3) is 0 Å². The Labute approximate surface area is 159 Å². The third-order valence-corrected chi connectivity index (χ3v) is 4.27. The average molecular weight is 399 g/mol. The standard InChI is InChI=1S/C15H21N5O8/c1-28-14(26)17-18-6-4-11(22)19-5-2-3-10(20(19)15(18)27)13(25)16-9(8-21)7-12(23)24/h8-10H,2-7H2,1H3,(H,16,25)(H,17,26)(H,23,24)/t9-,10-/m0/s1. The fourth-order valence-electron chi connectivity index (χ4n) is 2.97. The van der Waals surface area contributed by atoms with Gasteiger partial charge in [0.2, 0.25) is 11.8 Å². The lowest BCUT2D eigenvalue weighted by Crippen LogP contribution is -2.64. The smallest absolute Gasteiger partial charge is 0.425 e. The molecule has 2 rings (SSSR count). The molecular weight excluding hydrogens is 378 g/mol. The molecule has 0 radical (unpaired) electrons. The molecule has 2 atom stereocenters. The number of fused-ring (bicyclic) bond motifs is 1. The Morgan fingerprint density at radius 3 is 2.64 bits per heavy atom. The molecule has 0 unspecified atom stereocenters. The Bertz CT molecular complexity index is 683. The van der Waals surface area contributed by atoms with Crippen molar-refractivity contribution in [2.75, 3.05) is 20.2 Å². The molecule has 0 aliphatic carbocycles. The zero-order chi connectivity index (χ0) is 20.8. The van der Waals surface area contributed by atoms with Crippen molar-refractivity contribution in [1.29, 1.82) is 0 Å². The van der Waals surface area contributed by atoms with Crippen LogP contribution in [0.4, 0.5) is 9.59 Å². The van der Waals surface area contributed by atoms with Crippen molar-refractivity contribution < 1.29 is 38.6 Å². The molecule has 3 N–H and O–H groups in total. The molecule has 0 aromatic heterocycles. The predicted octanol–water partition coefficient (Wildman–Crippen LogP) is -1.55. The maximum Gasteiger partial charge on any atom is 0.425 e. The predicted molar refractivity (Wildman–Crippen MR) is 89.1 cm³/mol. The molecule has 2 fully saturated rings. The summed E-state index contributed by atoms with van der Waals surface area (Å²) in [6, 6.07) is -3.25. The maximum absolute atomic E-state index is 12.9. The lowest BCUT2D eigenvalue weighted by Gasteiger charge is -2.42. The first kappa shape index (κ1) is 20.9. The van der Waals surface area contributed by atoms with Crippen LogP contribution in [0.3, 0.4) is 0 Å². The number of nitrogens with one attached hydrogen (secondary N) is 2. The van der Waals surface area contributed by atoms with E-state index in [1.165, 1.54) is 0 Å². The Hall–Kier alpha value is -3.38. The number of rotatable bonds is 6. The molecule has 0 aromatic rings. The number of carbonyl (C=O) groups is 6. The van der Waals surface area contributed by atoms with E-state index in [0.717, 1.165) is 22.1 Å². The van der Waals surface area contributed by atoms with Gasteiger partial charge in [-0.1, -0.05) is 0 Å². The van der Waals surface area contributed by atoms with Crippen molar-refractivity contribution in [2.24, 2.45) is 0 Å². The van der Waals surface area contributed by atoms with Crippen LogP contribution in [0.1, 0.15) is 25.7 Å². The van der Waals surface area contributed by atoms with Crippen LogP contribution in [-0.4, -0.2) is 88.6 Å². The van der Waals surface area contributed by atoms with E-state index in [-0.39, 0.29) is 32.2 Å². The number of urea groups is 1. The van der Waals surface area contributed by atoms with Crippen LogP contribution in [0.5, 0.6) is 0 Å². The number of nitrogens with zero attached hydrogens (tertiary/aromatic N) is 3. The van der Waals surface area contributed by atoms with Gasteiger partial charge in [-0.2, -0.15) is 0 Å². The Kier molecular flexibility index (Phi) is 6.74. The van der Waals surface area contributed by atoms with E-state index in [1.807, 2.05) is 0 Å². The second-order valence-electron chi connectivity index (χ2n) is 6.16. The van der Waals surface area contributed by atoms with Gasteiger partial charge in [0.15, 0.2) is 0 Å². The summed E-state index contributed by atoms with van der Waals surface area (Å²) in [5.74, 6) is -2.47. The zero-order valence-electron chi connectivity index (χ0n) is 15.1. The van der Waals surface area contributed by atoms with Crippen LogP contribution in [0.15, 0.2) is 0 Å². The number of carboxylic acids is 1. The number of hydrogen-bond acceptors (Lipinski definition) is 7. The van der Waals surface area contributed by atoms with Crippen molar-refractivity contribution in [3.05, 3.63) is 0 Å². The number of carbonyl (C=O) groups excluding carboxylic acids is 5. The van der Waals surface area contributed by atoms with E-state index in [1.54, 1.807) is 0 Å². The molecule has 28 heavy (non-hydrogen) atoms. The summed E-state index contributed by atoms with van der Waals surface area (Å²) >= 11 is 0. The number of amides is 5. The number of hydrazine groups is 2. The average Bonchev–Trinajstić information content (AvgIpc) is 2.78. The molecule has 0 saturated carbocycles. The Morgan fingerprint density at radius 1 is 1.32 bits per heavy atom. The summed E-state index contributed by atoms with van der Waals surface area (Å²) in [5, 5.41) is 14.0. The van der Waals surface area contributed by atoms with Crippen LogP contribution in [-0.2, 0) is 23.9 Å². The molecule has 13 nitrogen and oxygen atoms in total. The Balaban J connectivity index is 2.24. The Morgan fingerprint density at radius 2 is 2.04 bits per heavy atom.